The molecule has 0 aliphatic heterocycles. The molecule has 3 nitrogen and oxygen atoms in total. The van der Waals surface area contributed by atoms with Gasteiger partial charge in [0.2, 0.25) is 0 Å². The zero-order chi connectivity index (χ0) is 16.4. The van der Waals surface area contributed by atoms with Crippen LogP contribution in [0.1, 0.15) is 26.3 Å². The fourth-order valence-electron chi connectivity index (χ4n) is 2.03. The smallest absolute Gasteiger partial charge is 0.261 e. The molecule has 1 N–H and O–H groups in total. The summed E-state index contributed by atoms with van der Waals surface area (Å²) in [4.78, 5) is 1.29. The monoisotopic (exact) mass is 335 g/mol. The Kier molecular flexibility index (Phi) is 4.87. The lowest BCUT2D eigenvalue weighted by Crippen LogP contribution is -2.14. The highest BCUT2D eigenvalue weighted by Crippen LogP contribution is 2.25. The number of thioether (sulfide) groups is 1. The van der Waals surface area contributed by atoms with Gasteiger partial charge in [0.05, 0.1) is 4.90 Å². The van der Waals surface area contributed by atoms with Crippen LogP contribution in [0.15, 0.2) is 58.3 Å². The number of nitrogens with one attached hydrogen (secondary N) is 1. The van der Waals surface area contributed by atoms with Crippen molar-refractivity contribution in [1.82, 2.24) is 0 Å². The summed E-state index contributed by atoms with van der Waals surface area (Å²) in [5.74, 6) is 0. The zero-order valence-electron chi connectivity index (χ0n) is 13.3. The highest BCUT2D eigenvalue weighted by molar-refractivity contribution is 7.98. The summed E-state index contributed by atoms with van der Waals surface area (Å²) in [6, 6.07) is 14.4. The Morgan fingerprint density at radius 1 is 1.00 bits per heavy atom. The molecule has 0 bridgehead atoms. The van der Waals surface area contributed by atoms with Crippen molar-refractivity contribution in [3.63, 3.8) is 0 Å². The van der Waals surface area contributed by atoms with Crippen molar-refractivity contribution >= 4 is 27.5 Å². The third-order valence-electron chi connectivity index (χ3n) is 3.35. The van der Waals surface area contributed by atoms with Crippen LogP contribution in [0.25, 0.3) is 0 Å². The van der Waals surface area contributed by atoms with Gasteiger partial charge < -0.3 is 0 Å². The topological polar surface area (TPSA) is 46.2 Å². The van der Waals surface area contributed by atoms with E-state index in [2.05, 4.69) is 25.5 Å². The standard InChI is InChI=1S/C17H21NO2S2/c1-17(2,3)13-8-10-16(11-9-13)22(19,20)18-14-6-5-7-15(12-14)21-4/h5-12,18H,1-4H3. The van der Waals surface area contributed by atoms with E-state index in [0.29, 0.717) is 5.69 Å². The lowest BCUT2D eigenvalue weighted by molar-refractivity contribution is 0.587. The van der Waals surface area contributed by atoms with E-state index in [1.807, 2.05) is 36.6 Å². The Balaban J connectivity index is 2.26. The molecule has 0 spiro atoms. The Hall–Kier alpha value is -1.46. The van der Waals surface area contributed by atoms with Crippen molar-refractivity contribution in [1.29, 1.82) is 0 Å². The normalized spacial score (nSPS) is 12.2. The van der Waals surface area contributed by atoms with E-state index in [1.165, 1.54) is 0 Å². The molecule has 118 valence electrons. The summed E-state index contributed by atoms with van der Waals surface area (Å²) in [7, 11) is -3.56. The maximum atomic E-state index is 12.4. The largest absolute Gasteiger partial charge is 0.280 e. The van der Waals surface area contributed by atoms with E-state index < -0.39 is 10.0 Å². The molecule has 2 aromatic carbocycles. The highest BCUT2D eigenvalue weighted by Gasteiger charge is 2.17. The van der Waals surface area contributed by atoms with E-state index in [1.54, 1.807) is 30.0 Å². The van der Waals surface area contributed by atoms with Gasteiger partial charge in [0.15, 0.2) is 0 Å². The maximum absolute atomic E-state index is 12.4. The average Bonchev–Trinajstić information content (AvgIpc) is 2.46. The second kappa shape index (κ2) is 6.34. The first-order valence-electron chi connectivity index (χ1n) is 7.00. The summed E-state index contributed by atoms with van der Waals surface area (Å²) < 4.78 is 27.5. The molecule has 0 aliphatic rings. The van der Waals surface area contributed by atoms with Crippen molar-refractivity contribution in [2.45, 2.75) is 36.0 Å². The SMILES string of the molecule is CSc1cccc(NS(=O)(=O)c2ccc(C(C)(C)C)cc2)c1. The van der Waals surface area contributed by atoms with Crippen molar-refractivity contribution in [2.75, 3.05) is 11.0 Å². The molecule has 0 aromatic heterocycles. The first-order chi connectivity index (χ1) is 10.2. The van der Waals surface area contributed by atoms with Crippen molar-refractivity contribution < 1.29 is 8.42 Å². The molecule has 5 heteroatoms. The second-order valence-corrected chi connectivity index (χ2v) is 8.67. The van der Waals surface area contributed by atoms with Crippen LogP contribution in [0, 0.1) is 0 Å². The van der Waals surface area contributed by atoms with Crippen molar-refractivity contribution in [3.8, 4) is 0 Å². The molecule has 0 unspecified atom stereocenters. The Morgan fingerprint density at radius 2 is 1.64 bits per heavy atom. The maximum Gasteiger partial charge on any atom is 0.261 e. The van der Waals surface area contributed by atoms with Crippen molar-refractivity contribution in [2.24, 2.45) is 0 Å². The highest BCUT2D eigenvalue weighted by atomic mass is 32.2. The van der Waals surface area contributed by atoms with Crippen LogP contribution in [0.5, 0.6) is 0 Å². The summed E-state index contributed by atoms with van der Waals surface area (Å²) in [5.41, 5.74) is 1.69. The van der Waals surface area contributed by atoms with E-state index in [-0.39, 0.29) is 10.3 Å². The molecule has 0 aliphatic carbocycles. The van der Waals surface area contributed by atoms with Gasteiger partial charge in [-0.25, -0.2) is 8.42 Å². The van der Waals surface area contributed by atoms with Crippen LogP contribution in [-0.2, 0) is 15.4 Å². The van der Waals surface area contributed by atoms with Crippen LogP contribution in [-0.4, -0.2) is 14.7 Å². The minimum atomic E-state index is -3.56. The Morgan fingerprint density at radius 3 is 2.18 bits per heavy atom. The summed E-state index contributed by atoms with van der Waals surface area (Å²) in [6.45, 7) is 6.30. The van der Waals surface area contributed by atoms with Gasteiger partial charge in [0.1, 0.15) is 0 Å². The van der Waals surface area contributed by atoms with Gasteiger partial charge in [-0.05, 0) is 47.6 Å². The van der Waals surface area contributed by atoms with Crippen LogP contribution in [0.4, 0.5) is 5.69 Å². The van der Waals surface area contributed by atoms with Crippen LogP contribution in [0.2, 0.25) is 0 Å². The molecule has 0 heterocycles. The Labute approximate surface area is 137 Å². The number of rotatable bonds is 4. The number of anilines is 1. The van der Waals surface area contributed by atoms with Gasteiger partial charge in [0.25, 0.3) is 10.0 Å². The number of sulfonamides is 1. The summed E-state index contributed by atoms with van der Waals surface area (Å²) >= 11 is 1.57. The molecule has 0 saturated heterocycles. The van der Waals surface area contributed by atoms with E-state index in [4.69, 9.17) is 0 Å². The van der Waals surface area contributed by atoms with Gasteiger partial charge in [-0.15, -0.1) is 11.8 Å². The quantitative estimate of drug-likeness (QED) is 0.836. The minimum absolute atomic E-state index is 0.00238. The van der Waals surface area contributed by atoms with Crippen molar-refractivity contribution in [3.05, 3.63) is 54.1 Å². The van der Waals surface area contributed by atoms with E-state index in [9.17, 15) is 8.42 Å². The number of hydrogen-bond acceptors (Lipinski definition) is 3. The van der Waals surface area contributed by atoms with E-state index >= 15 is 0 Å². The molecular formula is C17H21NO2S2. The molecule has 0 amide bonds. The van der Waals surface area contributed by atoms with Gasteiger partial charge in [0, 0.05) is 10.6 Å². The first kappa shape index (κ1) is 16.9. The minimum Gasteiger partial charge on any atom is -0.280 e. The van der Waals surface area contributed by atoms with Gasteiger partial charge in [-0.2, -0.15) is 0 Å². The van der Waals surface area contributed by atoms with Crippen LogP contribution in [0.3, 0.4) is 0 Å². The van der Waals surface area contributed by atoms with Crippen LogP contribution < -0.4 is 4.72 Å². The molecule has 0 saturated carbocycles. The fraction of sp³-hybridized carbons (Fsp3) is 0.294. The van der Waals surface area contributed by atoms with E-state index in [0.717, 1.165) is 10.5 Å². The molecule has 0 radical (unpaired) electrons. The second-order valence-electron chi connectivity index (χ2n) is 6.11. The van der Waals surface area contributed by atoms with Crippen LogP contribution >= 0.6 is 11.8 Å². The summed E-state index contributed by atoms with van der Waals surface area (Å²) in [5, 5.41) is 0. The fourth-order valence-corrected chi connectivity index (χ4v) is 3.54. The molecule has 0 fully saturated rings. The third kappa shape index (κ3) is 4.05. The number of hydrogen-bond donors (Lipinski definition) is 1. The first-order valence-corrected chi connectivity index (χ1v) is 9.70. The summed E-state index contributed by atoms with van der Waals surface area (Å²) in [6.07, 6.45) is 1.96. The Bertz CT molecular complexity index is 745. The predicted octanol–water partition coefficient (Wildman–Crippen LogP) is 4.51. The number of benzene rings is 2. The van der Waals surface area contributed by atoms with Gasteiger partial charge >= 0.3 is 0 Å². The molecule has 0 atom stereocenters. The predicted molar refractivity (Wildman–Crippen MR) is 94.2 cm³/mol. The third-order valence-corrected chi connectivity index (χ3v) is 5.48. The van der Waals surface area contributed by atoms with Gasteiger partial charge in [-0.3, -0.25) is 4.72 Å². The molecule has 22 heavy (non-hydrogen) atoms. The molecule has 2 rings (SSSR count). The zero-order valence-corrected chi connectivity index (χ0v) is 14.9. The molecule has 2 aromatic rings. The molecular weight excluding hydrogens is 314 g/mol. The lowest BCUT2D eigenvalue weighted by Gasteiger charge is -2.19. The lowest BCUT2D eigenvalue weighted by atomic mass is 9.87. The average molecular weight is 335 g/mol. The van der Waals surface area contributed by atoms with Gasteiger partial charge in [-0.1, -0.05) is 39.0 Å².